The van der Waals surface area contributed by atoms with E-state index in [-0.39, 0.29) is 16.4 Å². The predicted molar refractivity (Wildman–Crippen MR) is 98.9 cm³/mol. The number of hydrogen-bond donors (Lipinski definition) is 2. The van der Waals surface area contributed by atoms with Crippen molar-refractivity contribution in [3.05, 3.63) is 59.6 Å². The maximum absolute atomic E-state index is 11.7. The topological polar surface area (TPSA) is 108 Å². The van der Waals surface area contributed by atoms with E-state index >= 15 is 0 Å². The molecular formula is C17H13ClN4O3S. The van der Waals surface area contributed by atoms with Crippen LogP contribution in [-0.4, -0.2) is 20.4 Å². The van der Waals surface area contributed by atoms with E-state index < -0.39 is 10.0 Å². The van der Waals surface area contributed by atoms with E-state index in [4.69, 9.17) is 16.0 Å². The van der Waals surface area contributed by atoms with Gasteiger partial charge >= 0.3 is 0 Å². The SMILES string of the molecule is CNS(=O)(=O)c1ccc(NC=C(C#N)c2nc3cc(Cl)ccc3o2)cc1. The molecule has 0 radical (unpaired) electrons. The summed E-state index contributed by atoms with van der Waals surface area (Å²) in [5.41, 5.74) is 1.86. The summed E-state index contributed by atoms with van der Waals surface area (Å²) in [5.74, 6) is 0.159. The Bertz CT molecular complexity index is 1130. The number of allylic oxidation sites excluding steroid dienone is 1. The number of nitriles is 1. The fourth-order valence-electron chi connectivity index (χ4n) is 2.16. The zero-order chi connectivity index (χ0) is 18.7. The van der Waals surface area contributed by atoms with E-state index in [1.807, 2.05) is 6.07 Å². The lowest BCUT2D eigenvalue weighted by molar-refractivity contribution is 0.586. The molecular weight excluding hydrogens is 376 g/mol. The summed E-state index contributed by atoms with van der Waals surface area (Å²) < 4.78 is 31.2. The molecule has 0 aliphatic rings. The molecule has 1 heterocycles. The quantitative estimate of drug-likeness (QED) is 0.649. The Kier molecular flexibility index (Phi) is 4.95. The molecule has 0 aliphatic heterocycles. The third-order valence-corrected chi connectivity index (χ3v) is 5.18. The monoisotopic (exact) mass is 388 g/mol. The second kappa shape index (κ2) is 7.17. The summed E-state index contributed by atoms with van der Waals surface area (Å²) in [6.45, 7) is 0. The molecule has 3 aromatic rings. The van der Waals surface area contributed by atoms with Crippen LogP contribution in [-0.2, 0) is 10.0 Å². The molecule has 0 saturated carbocycles. The molecule has 0 amide bonds. The molecule has 0 bridgehead atoms. The van der Waals surface area contributed by atoms with Crippen LogP contribution >= 0.6 is 11.6 Å². The normalized spacial score (nSPS) is 12.1. The molecule has 0 saturated heterocycles. The van der Waals surface area contributed by atoms with Crippen molar-refractivity contribution in [2.75, 3.05) is 12.4 Å². The maximum Gasteiger partial charge on any atom is 0.240 e. The second-order valence-electron chi connectivity index (χ2n) is 5.18. The van der Waals surface area contributed by atoms with E-state index in [1.165, 1.54) is 25.4 Å². The van der Waals surface area contributed by atoms with Crippen LogP contribution in [0.5, 0.6) is 0 Å². The van der Waals surface area contributed by atoms with E-state index in [2.05, 4.69) is 15.0 Å². The summed E-state index contributed by atoms with van der Waals surface area (Å²) >= 11 is 5.92. The van der Waals surface area contributed by atoms with Crippen LogP contribution in [0, 0.1) is 11.3 Å². The number of fused-ring (bicyclic) bond motifs is 1. The molecule has 2 N–H and O–H groups in total. The van der Waals surface area contributed by atoms with Crippen LogP contribution in [0.2, 0.25) is 5.02 Å². The average Bonchev–Trinajstić information content (AvgIpc) is 3.05. The van der Waals surface area contributed by atoms with Crippen LogP contribution in [0.3, 0.4) is 0 Å². The largest absolute Gasteiger partial charge is 0.435 e. The number of benzene rings is 2. The molecule has 1 aromatic heterocycles. The van der Waals surface area contributed by atoms with Crippen molar-refractivity contribution in [1.29, 1.82) is 5.26 Å². The van der Waals surface area contributed by atoms with Gasteiger partial charge in [-0.05, 0) is 49.5 Å². The van der Waals surface area contributed by atoms with Crippen molar-refractivity contribution in [2.24, 2.45) is 0 Å². The summed E-state index contributed by atoms with van der Waals surface area (Å²) in [7, 11) is -2.15. The number of oxazole rings is 1. The maximum atomic E-state index is 11.7. The van der Waals surface area contributed by atoms with E-state index in [1.54, 1.807) is 30.3 Å². The smallest absolute Gasteiger partial charge is 0.240 e. The number of nitrogens with one attached hydrogen (secondary N) is 2. The summed E-state index contributed by atoms with van der Waals surface area (Å²) in [4.78, 5) is 4.39. The molecule has 0 fully saturated rings. The molecule has 0 aliphatic carbocycles. The van der Waals surface area contributed by atoms with Gasteiger partial charge in [0, 0.05) is 16.9 Å². The van der Waals surface area contributed by atoms with Gasteiger partial charge in [0.2, 0.25) is 15.9 Å². The Morgan fingerprint density at radius 2 is 2.00 bits per heavy atom. The first-order chi connectivity index (χ1) is 12.4. The third kappa shape index (κ3) is 3.70. The van der Waals surface area contributed by atoms with Gasteiger partial charge in [0.25, 0.3) is 0 Å². The van der Waals surface area contributed by atoms with Crippen molar-refractivity contribution >= 4 is 44.0 Å². The fourth-order valence-corrected chi connectivity index (χ4v) is 3.06. The van der Waals surface area contributed by atoms with Gasteiger partial charge in [-0.15, -0.1) is 0 Å². The molecule has 3 rings (SSSR count). The summed E-state index contributed by atoms with van der Waals surface area (Å²) in [5, 5.41) is 12.8. The van der Waals surface area contributed by atoms with Gasteiger partial charge in [-0.2, -0.15) is 5.26 Å². The first kappa shape index (κ1) is 17.9. The number of aromatic nitrogens is 1. The number of sulfonamides is 1. The van der Waals surface area contributed by atoms with Gasteiger partial charge in [-0.25, -0.2) is 18.1 Å². The second-order valence-corrected chi connectivity index (χ2v) is 7.50. The van der Waals surface area contributed by atoms with Crippen LogP contribution in [0.15, 0.2) is 58.0 Å². The van der Waals surface area contributed by atoms with E-state index in [9.17, 15) is 13.7 Å². The Morgan fingerprint density at radius 1 is 1.27 bits per heavy atom. The Hall–Kier alpha value is -2.86. The van der Waals surface area contributed by atoms with Crippen molar-refractivity contribution in [3.63, 3.8) is 0 Å². The van der Waals surface area contributed by atoms with Crippen molar-refractivity contribution in [1.82, 2.24) is 9.71 Å². The Labute approximate surface area is 155 Å². The highest BCUT2D eigenvalue weighted by atomic mass is 35.5. The number of rotatable bonds is 5. The number of anilines is 1. The lowest BCUT2D eigenvalue weighted by atomic mass is 10.3. The lowest BCUT2D eigenvalue weighted by Gasteiger charge is -2.04. The van der Waals surface area contributed by atoms with Crippen molar-refractivity contribution in [2.45, 2.75) is 4.90 Å². The summed E-state index contributed by atoms with van der Waals surface area (Å²) in [6, 6.07) is 13.1. The van der Waals surface area contributed by atoms with E-state index in [0.717, 1.165) is 0 Å². The van der Waals surface area contributed by atoms with Gasteiger partial charge in [0.05, 0.1) is 4.90 Å². The molecule has 2 aromatic carbocycles. The Balaban J connectivity index is 1.84. The number of hydrogen-bond acceptors (Lipinski definition) is 6. The zero-order valence-corrected chi connectivity index (χ0v) is 15.1. The highest BCUT2D eigenvalue weighted by molar-refractivity contribution is 7.89. The average molecular weight is 389 g/mol. The summed E-state index contributed by atoms with van der Waals surface area (Å²) in [6.07, 6.45) is 1.44. The fraction of sp³-hybridized carbons (Fsp3) is 0.0588. The molecule has 0 unspecified atom stereocenters. The van der Waals surface area contributed by atoms with Crippen LogP contribution < -0.4 is 10.0 Å². The van der Waals surface area contributed by atoms with Crippen molar-refractivity contribution in [3.8, 4) is 6.07 Å². The highest BCUT2D eigenvalue weighted by Crippen LogP contribution is 2.24. The lowest BCUT2D eigenvalue weighted by Crippen LogP contribution is -2.18. The van der Waals surface area contributed by atoms with Gasteiger partial charge in [0.1, 0.15) is 17.2 Å². The van der Waals surface area contributed by atoms with Crippen LogP contribution in [0.25, 0.3) is 16.7 Å². The predicted octanol–water partition coefficient (Wildman–Crippen LogP) is 3.37. The minimum absolute atomic E-state index is 0.144. The van der Waals surface area contributed by atoms with Gasteiger partial charge < -0.3 is 9.73 Å². The van der Waals surface area contributed by atoms with Crippen molar-refractivity contribution < 1.29 is 12.8 Å². The molecule has 9 heteroatoms. The van der Waals surface area contributed by atoms with E-state index in [0.29, 0.717) is 21.8 Å². The van der Waals surface area contributed by atoms with Gasteiger partial charge in [-0.1, -0.05) is 11.6 Å². The van der Waals surface area contributed by atoms with Crippen LogP contribution in [0.1, 0.15) is 5.89 Å². The minimum atomic E-state index is -3.49. The molecule has 7 nitrogen and oxygen atoms in total. The molecule has 0 spiro atoms. The molecule has 26 heavy (non-hydrogen) atoms. The zero-order valence-electron chi connectivity index (χ0n) is 13.5. The first-order valence-electron chi connectivity index (χ1n) is 7.40. The standard InChI is InChI=1S/C17H13ClN4O3S/c1-20-26(23,24)14-5-3-13(4-6-14)21-10-11(9-19)17-22-15-8-12(18)2-7-16(15)25-17/h2-8,10,20-21H,1H3. The third-order valence-electron chi connectivity index (χ3n) is 3.52. The highest BCUT2D eigenvalue weighted by Gasteiger charge is 2.12. The van der Waals surface area contributed by atoms with Gasteiger partial charge in [0.15, 0.2) is 5.58 Å². The molecule has 132 valence electrons. The minimum Gasteiger partial charge on any atom is -0.435 e. The van der Waals surface area contributed by atoms with Gasteiger partial charge in [-0.3, -0.25) is 0 Å². The number of nitrogens with zero attached hydrogens (tertiary/aromatic N) is 2. The molecule has 0 atom stereocenters. The van der Waals surface area contributed by atoms with Crippen LogP contribution in [0.4, 0.5) is 5.69 Å². The Morgan fingerprint density at radius 3 is 2.65 bits per heavy atom. The number of halogens is 1. The first-order valence-corrected chi connectivity index (χ1v) is 9.26.